The second kappa shape index (κ2) is 5.09. The van der Waals surface area contributed by atoms with Gasteiger partial charge in [-0.25, -0.2) is 0 Å². The van der Waals surface area contributed by atoms with E-state index in [1.165, 1.54) is 16.3 Å². The van der Waals surface area contributed by atoms with Crippen LogP contribution in [0, 0.1) is 5.92 Å². The Hall–Kier alpha value is -1.38. The zero-order chi connectivity index (χ0) is 12.4. The molecule has 0 amide bonds. The third-order valence-corrected chi connectivity index (χ3v) is 3.80. The first-order valence-electron chi connectivity index (χ1n) is 6.57. The quantitative estimate of drug-likeness (QED) is 0.877. The zero-order valence-electron chi connectivity index (χ0n) is 10.4. The Kier molecular flexibility index (Phi) is 3.31. The maximum atomic E-state index is 10.0. The van der Waals surface area contributed by atoms with Crippen molar-refractivity contribution in [1.29, 1.82) is 0 Å². The fourth-order valence-electron chi connectivity index (χ4n) is 2.73. The standard InChI is InChI=1S/C16H18O2/c17-16-8-9-18-11-14(16)10-13-6-3-5-12-4-1-2-7-15(12)13/h1-7,14,16-17H,8-11H2. The predicted molar refractivity (Wildman–Crippen MR) is 72.6 cm³/mol. The summed E-state index contributed by atoms with van der Waals surface area (Å²) in [5.74, 6) is 0.226. The lowest BCUT2D eigenvalue weighted by Crippen LogP contribution is -2.33. The van der Waals surface area contributed by atoms with Crippen LogP contribution in [0.3, 0.4) is 0 Å². The van der Waals surface area contributed by atoms with Crippen molar-refractivity contribution in [1.82, 2.24) is 0 Å². The molecule has 94 valence electrons. The molecule has 0 spiro atoms. The number of hydrogen-bond acceptors (Lipinski definition) is 2. The number of aliphatic hydroxyl groups excluding tert-OH is 1. The molecular weight excluding hydrogens is 224 g/mol. The van der Waals surface area contributed by atoms with Gasteiger partial charge in [0.25, 0.3) is 0 Å². The first kappa shape index (κ1) is 11.7. The van der Waals surface area contributed by atoms with E-state index in [2.05, 4.69) is 42.5 Å². The van der Waals surface area contributed by atoms with Crippen LogP contribution < -0.4 is 0 Å². The van der Waals surface area contributed by atoms with Crippen molar-refractivity contribution in [2.24, 2.45) is 5.92 Å². The second-order valence-corrected chi connectivity index (χ2v) is 5.03. The van der Waals surface area contributed by atoms with Gasteiger partial charge in [0.15, 0.2) is 0 Å². The summed E-state index contributed by atoms with van der Waals surface area (Å²) < 4.78 is 5.48. The average Bonchev–Trinajstić information content (AvgIpc) is 2.42. The molecule has 0 radical (unpaired) electrons. The van der Waals surface area contributed by atoms with Crippen LogP contribution in [0.15, 0.2) is 42.5 Å². The molecule has 2 atom stereocenters. The van der Waals surface area contributed by atoms with Crippen LogP contribution in [0.2, 0.25) is 0 Å². The minimum atomic E-state index is -0.224. The Morgan fingerprint density at radius 3 is 2.83 bits per heavy atom. The van der Waals surface area contributed by atoms with Crippen LogP contribution in [0.25, 0.3) is 10.8 Å². The number of aliphatic hydroxyl groups is 1. The highest BCUT2D eigenvalue weighted by molar-refractivity contribution is 5.85. The van der Waals surface area contributed by atoms with Crippen molar-refractivity contribution in [3.63, 3.8) is 0 Å². The molecule has 2 aromatic rings. The molecule has 1 aliphatic rings. The zero-order valence-corrected chi connectivity index (χ0v) is 10.4. The summed E-state index contributed by atoms with van der Waals surface area (Å²) in [6, 6.07) is 14.8. The van der Waals surface area contributed by atoms with E-state index in [-0.39, 0.29) is 12.0 Å². The van der Waals surface area contributed by atoms with E-state index >= 15 is 0 Å². The Bertz CT molecular complexity index is 530. The number of rotatable bonds is 2. The second-order valence-electron chi connectivity index (χ2n) is 5.03. The molecule has 0 aliphatic carbocycles. The maximum Gasteiger partial charge on any atom is 0.0615 e. The molecular formula is C16H18O2. The molecule has 2 aromatic carbocycles. The van der Waals surface area contributed by atoms with Gasteiger partial charge in [0.05, 0.1) is 12.7 Å². The number of fused-ring (bicyclic) bond motifs is 1. The van der Waals surface area contributed by atoms with Crippen LogP contribution in [0.4, 0.5) is 0 Å². The SMILES string of the molecule is OC1CCOCC1Cc1cccc2ccccc12. The Morgan fingerprint density at radius 2 is 1.94 bits per heavy atom. The monoisotopic (exact) mass is 242 g/mol. The lowest BCUT2D eigenvalue weighted by atomic mass is 9.89. The van der Waals surface area contributed by atoms with Gasteiger partial charge in [-0.1, -0.05) is 42.5 Å². The summed E-state index contributed by atoms with van der Waals surface area (Å²) in [7, 11) is 0. The van der Waals surface area contributed by atoms with Crippen molar-refractivity contribution < 1.29 is 9.84 Å². The van der Waals surface area contributed by atoms with Crippen LogP contribution in [-0.2, 0) is 11.2 Å². The van der Waals surface area contributed by atoms with Gasteiger partial charge in [0.1, 0.15) is 0 Å². The fourth-order valence-corrected chi connectivity index (χ4v) is 2.73. The highest BCUT2D eigenvalue weighted by atomic mass is 16.5. The minimum Gasteiger partial charge on any atom is -0.393 e. The van der Waals surface area contributed by atoms with E-state index in [9.17, 15) is 5.11 Å². The van der Waals surface area contributed by atoms with Crippen molar-refractivity contribution in [2.75, 3.05) is 13.2 Å². The first-order chi connectivity index (χ1) is 8.84. The molecule has 1 saturated heterocycles. The summed E-state index contributed by atoms with van der Waals surface area (Å²) in [5.41, 5.74) is 1.31. The van der Waals surface area contributed by atoms with Gasteiger partial charge < -0.3 is 9.84 Å². The van der Waals surface area contributed by atoms with E-state index in [4.69, 9.17) is 4.74 Å². The number of ether oxygens (including phenoxy) is 1. The summed E-state index contributed by atoms with van der Waals surface area (Å²) >= 11 is 0. The van der Waals surface area contributed by atoms with E-state index in [1.54, 1.807) is 0 Å². The average molecular weight is 242 g/mol. The van der Waals surface area contributed by atoms with Gasteiger partial charge in [0.2, 0.25) is 0 Å². The molecule has 2 heteroatoms. The Balaban J connectivity index is 1.90. The lowest BCUT2D eigenvalue weighted by Gasteiger charge is -2.28. The summed E-state index contributed by atoms with van der Waals surface area (Å²) in [6.45, 7) is 1.36. The van der Waals surface area contributed by atoms with Gasteiger partial charge >= 0.3 is 0 Å². The first-order valence-corrected chi connectivity index (χ1v) is 6.57. The number of benzene rings is 2. The van der Waals surface area contributed by atoms with Crippen molar-refractivity contribution in [3.05, 3.63) is 48.0 Å². The van der Waals surface area contributed by atoms with Crippen molar-refractivity contribution >= 4 is 10.8 Å². The molecule has 3 rings (SSSR count). The van der Waals surface area contributed by atoms with E-state index in [1.807, 2.05) is 0 Å². The molecule has 1 fully saturated rings. The van der Waals surface area contributed by atoms with E-state index < -0.39 is 0 Å². The third kappa shape index (κ3) is 2.26. The van der Waals surface area contributed by atoms with Gasteiger partial charge in [-0.15, -0.1) is 0 Å². The van der Waals surface area contributed by atoms with Gasteiger partial charge in [-0.2, -0.15) is 0 Å². The third-order valence-electron chi connectivity index (χ3n) is 3.80. The van der Waals surface area contributed by atoms with Gasteiger partial charge in [-0.05, 0) is 29.2 Å². The number of hydrogen-bond donors (Lipinski definition) is 1. The summed E-state index contributed by atoms with van der Waals surface area (Å²) in [6.07, 6.45) is 1.43. The lowest BCUT2D eigenvalue weighted by molar-refractivity contribution is -0.0349. The molecule has 2 nitrogen and oxygen atoms in total. The van der Waals surface area contributed by atoms with E-state index in [0.717, 1.165) is 12.8 Å². The molecule has 0 aromatic heterocycles. The minimum absolute atomic E-state index is 0.224. The maximum absolute atomic E-state index is 10.0. The predicted octanol–water partition coefficient (Wildman–Crippen LogP) is 2.78. The molecule has 1 aliphatic heterocycles. The summed E-state index contributed by atoms with van der Waals surface area (Å²) in [4.78, 5) is 0. The molecule has 2 unspecified atom stereocenters. The molecule has 0 saturated carbocycles. The fraction of sp³-hybridized carbons (Fsp3) is 0.375. The highest BCUT2D eigenvalue weighted by Gasteiger charge is 2.24. The van der Waals surface area contributed by atoms with Crippen LogP contribution in [-0.4, -0.2) is 24.4 Å². The Labute approximate surface area is 107 Å². The normalized spacial score (nSPS) is 24.3. The molecule has 1 N–H and O–H groups in total. The van der Waals surface area contributed by atoms with E-state index in [0.29, 0.717) is 13.2 Å². The topological polar surface area (TPSA) is 29.5 Å². The highest BCUT2D eigenvalue weighted by Crippen LogP contribution is 2.25. The van der Waals surface area contributed by atoms with Crippen LogP contribution in [0.1, 0.15) is 12.0 Å². The van der Waals surface area contributed by atoms with Crippen molar-refractivity contribution in [3.8, 4) is 0 Å². The summed E-state index contributed by atoms with van der Waals surface area (Å²) in [5, 5.41) is 12.6. The van der Waals surface area contributed by atoms with Crippen molar-refractivity contribution in [2.45, 2.75) is 18.9 Å². The van der Waals surface area contributed by atoms with Crippen LogP contribution in [0.5, 0.6) is 0 Å². The molecule has 18 heavy (non-hydrogen) atoms. The Morgan fingerprint density at radius 1 is 1.11 bits per heavy atom. The largest absolute Gasteiger partial charge is 0.393 e. The van der Waals surface area contributed by atoms with Crippen LogP contribution >= 0.6 is 0 Å². The smallest absolute Gasteiger partial charge is 0.0615 e. The van der Waals surface area contributed by atoms with Gasteiger partial charge in [-0.3, -0.25) is 0 Å². The molecule has 1 heterocycles. The van der Waals surface area contributed by atoms with Gasteiger partial charge in [0, 0.05) is 12.5 Å². The molecule has 0 bridgehead atoms.